The van der Waals surface area contributed by atoms with Crippen LogP contribution in [0, 0.1) is 0 Å². The van der Waals surface area contributed by atoms with E-state index in [1.165, 1.54) is 0 Å². The molecule has 6 nitrogen and oxygen atoms in total. The highest BCUT2D eigenvalue weighted by Crippen LogP contribution is 2.31. The zero-order chi connectivity index (χ0) is 17.2. The fraction of sp³-hybridized carbons (Fsp3) is 0.211. The molecular formula is C19H20N4O2. The summed E-state index contributed by atoms with van der Waals surface area (Å²) in [4.78, 5) is 17.1. The number of hydrogen-bond donors (Lipinski definition) is 1. The molecule has 0 aliphatic carbocycles. The van der Waals surface area contributed by atoms with Gasteiger partial charge in [-0.05, 0) is 18.6 Å². The summed E-state index contributed by atoms with van der Waals surface area (Å²) in [6.45, 7) is 0. The van der Waals surface area contributed by atoms with Crippen LogP contribution < -0.4 is 9.47 Å². The minimum absolute atomic E-state index is 0. The van der Waals surface area contributed by atoms with Gasteiger partial charge in [-0.25, -0.2) is 9.97 Å². The summed E-state index contributed by atoms with van der Waals surface area (Å²) in [7, 11) is 3.25. The average Bonchev–Trinajstić information content (AvgIpc) is 3.06. The average molecular weight is 336 g/mol. The van der Waals surface area contributed by atoms with E-state index in [2.05, 4.69) is 19.9 Å². The van der Waals surface area contributed by atoms with Gasteiger partial charge in [-0.2, -0.15) is 0 Å². The van der Waals surface area contributed by atoms with Gasteiger partial charge in [0.05, 0.1) is 42.0 Å². The van der Waals surface area contributed by atoms with Gasteiger partial charge in [0.15, 0.2) is 11.5 Å². The number of nitrogens with zero attached hydrogens (tertiary/aromatic N) is 3. The highest BCUT2D eigenvalue weighted by atomic mass is 16.5. The van der Waals surface area contributed by atoms with Crippen LogP contribution in [0.25, 0.3) is 22.1 Å². The number of fused-ring (bicyclic) bond motifs is 2. The molecule has 25 heavy (non-hydrogen) atoms. The van der Waals surface area contributed by atoms with E-state index in [4.69, 9.17) is 9.47 Å². The van der Waals surface area contributed by atoms with Crippen LogP contribution in [0.5, 0.6) is 11.5 Å². The van der Waals surface area contributed by atoms with Gasteiger partial charge in [0, 0.05) is 26.2 Å². The van der Waals surface area contributed by atoms with Gasteiger partial charge in [-0.3, -0.25) is 4.98 Å². The minimum Gasteiger partial charge on any atom is -0.493 e. The number of nitrogens with one attached hydrogen (secondary N) is 1. The summed E-state index contributed by atoms with van der Waals surface area (Å²) in [5, 5.41) is 0. The van der Waals surface area contributed by atoms with Crippen molar-refractivity contribution in [3.63, 3.8) is 0 Å². The van der Waals surface area contributed by atoms with Gasteiger partial charge in [0.2, 0.25) is 0 Å². The zero-order valence-electron chi connectivity index (χ0n) is 14.1. The van der Waals surface area contributed by atoms with Crippen LogP contribution in [0.15, 0.2) is 42.6 Å². The van der Waals surface area contributed by atoms with Crippen molar-refractivity contribution in [3.8, 4) is 11.5 Å². The molecule has 128 valence electrons. The van der Waals surface area contributed by atoms with E-state index in [-0.39, 0.29) is 1.43 Å². The number of methoxy groups -OCH3 is 2. The summed E-state index contributed by atoms with van der Waals surface area (Å²) in [5.74, 6) is 2.26. The van der Waals surface area contributed by atoms with Gasteiger partial charge >= 0.3 is 0 Å². The molecule has 0 spiro atoms. The van der Waals surface area contributed by atoms with Gasteiger partial charge in [0.25, 0.3) is 0 Å². The molecule has 1 N–H and O–H groups in total. The topological polar surface area (TPSA) is 72.9 Å². The summed E-state index contributed by atoms with van der Waals surface area (Å²) in [5.41, 5.74) is 4.57. The smallest absolute Gasteiger partial charge is 0.163 e. The predicted octanol–water partition coefficient (Wildman–Crippen LogP) is 3.55. The van der Waals surface area contributed by atoms with Gasteiger partial charge in [-0.15, -0.1) is 0 Å². The van der Waals surface area contributed by atoms with E-state index in [0.29, 0.717) is 11.5 Å². The van der Waals surface area contributed by atoms with Crippen LogP contribution in [0.2, 0.25) is 0 Å². The van der Waals surface area contributed by atoms with Crippen molar-refractivity contribution < 1.29 is 10.9 Å². The Balaban J connectivity index is 0.00000196. The Morgan fingerprint density at radius 1 is 0.920 bits per heavy atom. The lowest BCUT2D eigenvalue weighted by atomic mass is 10.2. The molecule has 0 radical (unpaired) electrons. The number of benzene rings is 2. The van der Waals surface area contributed by atoms with Crippen molar-refractivity contribution in [2.75, 3.05) is 14.2 Å². The molecule has 4 aromatic rings. The molecule has 0 aliphatic heterocycles. The summed E-state index contributed by atoms with van der Waals surface area (Å²) < 4.78 is 10.7. The van der Waals surface area contributed by atoms with E-state index in [9.17, 15) is 0 Å². The normalized spacial score (nSPS) is 11.1. The molecule has 0 saturated carbocycles. The highest BCUT2D eigenvalue weighted by molar-refractivity contribution is 5.79. The molecule has 0 amide bonds. The molecule has 0 fully saturated rings. The second-order valence-corrected chi connectivity index (χ2v) is 5.76. The second-order valence-electron chi connectivity index (χ2n) is 5.76. The van der Waals surface area contributed by atoms with E-state index >= 15 is 0 Å². The fourth-order valence-corrected chi connectivity index (χ4v) is 2.87. The van der Waals surface area contributed by atoms with Crippen molar-refractivity contribution in [1.29, 1.82) is 0 Å². The molecule has 2 aromatic heterocycles. The first kappa shape index (κ1) is 15.4. The third kappa shape index (κ3) is 2.98. The molecule has 6 heteroatoms. The standard InChI is InChI=1S/C19H18N4O2.H2/c1-24-17-9-15-16(10-18(17)25-2)23-19(22-15)8-7-12-11-20-13-5-3-4-6-14(13)21-12;/h3-6,9-11H,7-8H2,1-2H3,(H,22,23);1H. The maximum Gasteiger partial charge on any atom is 0.163 e. The lowest BCUT2D eigenvalue weighted by Gasteiger charge is -2.06. The number of H-pyrrole nitrogens is 1. The fourth-order valence-electron chi connectivity index (χ4n) is 2.87. The minimum atomic E-state index is 0. The van der Waals surface area contributed by atoms with Crippen molar-refractivity contribution in [2.24, 2.45) is 0 Å². The van der Waals surface area contributed by atoms with Gasteiger partial charge in [-0.1, -0.05) is 12.1 Å². The Morgan fingerprint density at radius 2 is 1.68 bits per heavy atom. The largest absolute Gasteiger partial charge is 0.493 e. The van der Waals surface area contributed by atoms with Crippen LogP contribution in [0.4, 0.5) is 0 Å². The summed E-state index contributed by atoms with van der Waals surface area (Å²) >= 11 is 0. The van der Waals surface area contributed by atoms with Crippen molar-refractivity contribution >= 4 is 22.1 Å². The quantitative estimate of drug-likeness (QED) is 0.603. The number of aromatic nitrogens is 4. The van der Waals surface area contributed by atoms with E-state index < -0.39 is 0 Å². The number of aromatic amines is 1. The van der Waals surface area contributed by atoms with Crippen molar-refractivity contribution in [1.82, 2.24) is 19.9 Å². The molecule has 4 rings (SSSR count). The van der Waals surface area contributed by atoms with E-state index in [1.807, 2.05) is 42.6 Å². The first-order valence-corrected chi connectivity index (χ1v) is 8.08. The Labute approximate surface area is 146 Å². The first-order chi connectivity index (χ1) is 12.3. The highest BCUT2D eigenvalue weighted by Gasteiger charge is 2.10. The molecule has 0 atom stereocenters. The molecule has 2 heterocycles. The Bertz CT molecular complexity index is 1010. The number of aryl methyl sites for hydroxylation is 2. The number of para-hydroxylation sites is 2. The number of ether oxygens (including phenoxy) is 2. The monoisotopic (exact) mass is 336 g/mol. The van der Waals surface area contributed by atoms with Crippen LogP contribution in [0.1, 0.15) is 12.9 Å². The summed E-state index contributed by atoms with van der Waals surface area (Å²) in [6, 6.07) is 11.7. The van der Waals surface area contributed by atoms with Gasteiger partial charge < -0.3 is 14.5 Å². The first-order valence-electron chi connectivity index (χ1n) is 8.08. The number of hydrogen-bond acceptors (Lipinski definition) is 5. The second kappa shape index (κ2) is 6.39. The molecular weight excluding hydrogens is 316 g/mol. The molecule has 0 unspecified atom stereocenters. The van der Waals surface area contributed by atoms with Crippen molar-refractivity contribution in [2.45, 2.75) is 12.8 Å². The summed E-state index contributed by atoms with van der Waals surface area (Å²) in [6.07, 6.45) is 3.36. The maximum atomic E-state index is 5.33. The molecule has 0 saturated heterocycles. The maximum absolute atomic E-state index is 5.33. The zero-order valence-corrected chi connectivity index (χ0v) is 14.1. The van der Waals surface area contributed by atoms with E-state index in [0.717, 1.165) is 46.4 Å². The Morgan fingerprint density at radius 3 is 2.48 bits per heavy atom. The van der Waals surface area contributed by atoms with Crippen molar-refractivity contribution in [3.05, 3.63) is 54.1 Å². The van der Waals surface area contributed by atoms with Crippen LogP contribution >= 0.6 is 0 Å². The van der Waals surface area contributed by atoms with Gasteiger partial charge in [0.1, 0.15) is 5.82 Å². The van der Waals surface area contributed by atoms with Crippen LogP contribution in [-0.4, -0.2) is 34.2 Å². The van der Waals surface area contributed by atoms with E-state index in [1.54, 1.807) is 14.2 Å². The van der Waals surface area contributed by atoms with Crippen LogP contribution in [0.3, 0.4) is 0 Å². The lowest BCUT2D eigenvalue weighted by Crippen LogP contribution is -1.97. The third-order valence-corrected chi connectivity index (χ3v) is 4.15. The SMILES string of the molecule is COc1cc2nc(CCc3cnc4ccccc4n3)[nH]c2cc1OC.[HH]. The third-order valence-electron chi connectivity index (χ3n) is 4.15. The van der Waals surface area contributed by atoms with Crippen LogP contribution in [-0.2, 0) is 12.8 Å². The Hall–Kier alpha value is -3.15. The molecule has 2 aromatic carbocycles. The molecule has 0 aliphatic rings. The predicted molar refractivity (Wildman–Crippen MR) is 98.3 cm³/mol. The lowest BCUT2D eigenvalue weighted by molar-refractivity contribution is 0.356. The number of rotatable bonds is 5. The number of imidazole rings is 1. The Kier molecular flexibility index (Phi) is 3.93. The molecule has 0 bridgehead atoms.